The maximum Gasteiger partial charge on any atom is 0.267 e. The standard InChI is InChI=1S/C15H17N3O3/c1-2-9-20-12-5-3-4-6-13(12)21-15-10(16)7-8-11(18-15)14(17)19/h3-8H,2,9,16H2,1H3,(H2,17,19). The van der Waals surface area contributed by atoms with E-state index in [0.29, 0.717) is 23.8 Å². The SMILES string of the molecule is CCCOc1ccccc1Oc1nc(C(N)=O)ccc1N. The Hall–Kier alpha value is -2.76. The first-order valence-electron chi connectivity index (χ1n) is 6.57. The third-order valence-electron chi connectivity index (χ3n) is 2.66. The zero-order valence-corrected chi connectivity index (χ0v) is 11.7. The van der Waals surface area contributed by atoms with Gasteiger partial charge in [0.15, 0.2) is 11.5 Å². The molecule has 2 aromatic rings. The summed E-state index contributed by atoms with van der Waals surface area (Å²) in [6.07, 6.45) is 0.881. The topological polar surface area (TPSA) is 100 Å². The molecule has 0 unspecified atom stereocenters. The number of nitrogens with two attached hydrogens (primary N) is 2. The summed E-state index contributed by atoms with van der Waals surface area (Å²) in [5.41, 5.74) is 11.4. The molecular formula is C15H17N3O3. The molecule has 6 nitrogen and oxygen atoms in total. The van der Waals surface area contributed by atoms with Crippen molar-refractivity contribution in [2.24, 2.45) is 5.73 Å². The van der Waals surface area contributed by atoms with E-state index in [1.165, 1.54) is 12.1 Å². The number of benzene rings is 1. The molecule has 0 spiro atoms. The molecule has 1 aromatic heterocycles. The molecule has 1 aromatic carbocycles. The van der Waals surface area contributed by atoms with Crippen molar-refractivity contribution in [2.45, 2.75) is 13.3 Å². The van der Waals surface area contributed by atoms with Crippen molar-refractivity contribution >= 4 is 11.6 Å². The van der Waals surface area contributed by atoms with Crippen LogP contribution in [0, 0.1) is 0 Å². The third-order valence-corrected chi connectivity index (χ3v) is 2.66. The van der Waals surface area contributed by atoms with E-state index >= 15 is 0 Å². The van der Waals surface area contributed by atoms with E-state index in [1.54, 1.807) is 12.1 Å². The van der Waals surface area contributed by atoms with Crippen molar-refractivity contribution in [3.8, 4) is 17.4 Å². The van der Waals surface area contributed by atoms with E-state index in [2.05, 4.69) is 4.98 Å². The highest BCUT2D eigenvalue weighted by molar-refractivity contribution is 5.91. The van der Waals surface area contributed by atoms with Crippen LogP contribution in [0.3, 0.4) is 0 Å². The molecular weight excluding hydrogens is 270 g/mol. The molecule has 0 aliphatic heterocycles. The van der Waals surface area contributed by atoms with Crippen LogP contribution in [0.5, 0.6) is 17.4 Å². The molecule has 0 bridgehead atoms. The van der Waals surface area contributed by atoms with E-state index in [-0.39, 0.29) is 11.6 Å². The average molecular weight is 287 g/mol. The van der Waals surface area contributed by atoms with E-state index in [1.807, 2.05) is 19.1 Å². The van der Waals surface area contributed by atoms with Crippen molar-refractivity contribution < 1.29 is 14.3 Å². The maximum absolute atomic E-state index is 11.2. The molecule has 2 rings (SSSR count). The lowest BCUT2D eigenvalue weighted by molar-refractivity contribution is 0.0995. The fourth-order valence-electron chi connectivity index (χ4n) is 1.64. The summed E-state index contributed by atoms with van der Waals surface area (Å²) in [7, 11) is 0. The minimum atomic E-state index is -0.643. The number of rotatable bonds is 6. The second-order valence-electron chi connectivity index (χ2n) is 4.35. The van der Waals surface area contributed by atoms with Crippen LogP contribution in [0.25, 0.3) is 0 Å². The van der Waals surface area contributed by atoms with Crippen LogP contribution in [0.4, 0.5) is 5.69 Å². The highest BCUT2D eigenvalue weighted by Crippen LogP contribution is 2.33. The number of carbonyl (C=O) groups is 1. The Kier molecular flexibility index (Phi) is 4.61. The van der Waals surface area contributed by atoms with E-state index in [9.17, 15) is 4.79 Å². The van der Waals surface area contributed by atoms with Crippen LogP contribution in [0.1, 0.15) is 23.8 Å². The fraction of sp³-hybridized carbons (Fsp3) is 0.200. The van der Waals surface area contributed by atoms with Crippen LogP contribution in [0.15, 0.2) is 36.4 Å². The molecule has 1 heterocycles. The number of aromatic nitrogens is 1. The Labute approximate surface area is 122 Å². The first kappa shape index (κ1) is 14.6. The number of hydrogen-bond acceptors (Lipinski definition) is 5. The Morgan fingerprint density at radius 2 is 1.90 bits per heavy atom. The van der Waals surface area contributed by atoms with Gasteiger partial charge >= 0.3 is 0 Å². The van der Waals surface area contributed by atoms with Gasteiger partial charge in [0.1, 0.15) is 5.69 Å². The predicted molar refractivity (Wildman–Crippen MR) is 79.5 cm³/mol. The molecule has 0 saturated heterocycles. The van der Waals surface area contributed by atoms with Crippen LogP contribution in [-0.2, 0) is 0 Å². The molecule has 0 atom stereocenters. The van der Waals surface area contributed by atoms with Gasteiger partial charge in [0.25, 0.3) is 5.91 Å². The van der Waals surface area contributed by atoms with Crippen molar-refractivity contribution in [2.75, 3.05) is 12.3 Å². The minimum Gasteiger partial charge on any atom is -0.490 e. The van der Waals surface area contributed by atoms with Gasteiger partial charge in [-0.3, -0.25) is 4.79 Å². The number of pyridine rings is 1. The van der Waals surface area contributed by atoms with Gasteiger partial charge in [0.05, 0.1) is 12.3 Å². The summed E-state index contributed by atoms with van der Waals surface area (Å²) in [6, 6.07) is 10.2. The van der Waals surface area contributed by atoms with Gasteiger partial charge in [0.2, 0.25) is 5.88 Å². The van der Waals surface area contributed by atoms with E-state index < -0.39 is 5.91 Å². The summed E-state index contributed by atoms with van der Waals surface area (Å²) in [6.45, 7) is 2.59. The summed E-state index contributed by atoms with van der Waals surface area (Å²) < 4.78 is 11.3. The Morgan fingerprint density at radius 1 is 1.19 bits per heavy atom. The lowest BCUT2D eigenvalue weighted by Gasteiger charge is -2.12. The van der Waals surface area contributed by atoms with E-state index in [0.717, 1.165) is 6.42 Å². The second-order valence-corrected chi connectivity index (χ2v) is 4.35. The predicted octanol–water partition coefficient (Wildman–Crippen LogP) is 2.34. The molecule has 1 amide bonds. The van der Waals surface area contributed by atoms with Crippen LogP contribution in [0.2, 0.25) is 0 Å². The first-order valence-corrected chi connectivity index (χ1v) is 6.57. The number of primary amides is 1. The Morgan fingerprint density at radius 3 is 2.57 bits per heavy atom. The lowest BCUT2D eigenvalue weighted by atomic mass is 10.3. The maximum atomic E-state index is 11.2. The molecule has 4 N–H and O–H groups in total. The van der Waals surface area contributed by atoms with Gasteiger partial charge < -0.3 is 20.9 Å². The van der Waals surface area contributed by atoms with Crippen LogP contribution >= 0.6 is 0 Å². The number of ether oxygens (including phenoxy) is 2. The zero-order chi connectivity index (χ0) is 15.2. The summed E-state index contributed by atoms with van der Waals surface area (Å²) in [4.78, 5) is 15.2. The normalized spacial score (nSPS) is 10.1. The smallest absolute Gasteiger partial charge is 0.267 e. The van der Waals surface area contributed by atoms with Gasteiger partial charge in [-0.15, -0.1) is 0 Å². The molecule has 110 valence electrons. The van der Waals surface area contributed by atoms with Crippen molar-refractivity contribution in [1.29, 1.82) is 0 Å². The van der Waals surface area contributed by atoms with E-state index in [4.69, 9.17) is 20.9 Å². The number of anilines is 1. The number of nitrogens with zero attached hydrogens (tertiary/aromatic N) is 1. The second kappa shape index (κ2) is 6.60. The summed E-state index contributed by atoms with van der Waals surface area (Å²) >= 11 is 0. The van der Waals surface area contributed by atoms with Crippen molar-refractivity contribution in [3.05, 3.63) is 42.1 Å². The van der Waals surface area contributed by atoms with Gasteiger partial charge in [-0.2, -0.15) is 0 Å². The zero-order valence-electron chi connectivity index (χ0n) is 11.7. The monoisotopic (exact) mass is 287 g/mol. The van der Waals surface area contributed by atoms with Gasteiger partial charge in [-0.1, -0.05) is 19.1 Å². The Balaban J connectivity index is 2.29. The van der Waals surface area contributed by atoms with Gasteiger partial charge in [0, 0.05) is 0 Å². The third kappa shape index (κ3) is 3.62. The van der Waals surface area contributed by atoms with Gasteiger partial charge in [-0.25, -0.2) is 4.98 Å². The molecule has 0 saturated carbocycles. The lowest BCUT2D eigenvalue weighted by Crippen LogP contribution is -2.13. The highest BCUT2D eigenvalue weighted by Gasteiger charge is 2.12. The van der Waals surface area contributed by atoms with Crippen molar-refractivity contribution in [1.82, 2.24) is 4.98 Å². The molecule has 0 radical (unpaired) electrons. The molecule has 21 heavy (non-hydrogen) atoms. The number of hydrogen-bond donors (Lipinski definition) is 2. The van der Waals surface area contributed by atoms with Crippen LogP contribution in [-0.4, -0.2) is 17.5 Å². The fourth-order valence-corrected chi connectivity index (χ4v) is 1.64. The van der Waals surface area contributed by atoms with Crippen LogP contribution < -0.4 is 20.9 Å². The van der Waals surface area contributed by atoms with Crippen molar-refractivity contribution in [3.63, 3.8) is 0 Å². The summed E-state index contributed by atoms with van der Waals surface area (Å²) in [5.74, 6) is 0.547. The average Bonchev–Trinajstić information content (AvgIpc) is 2.48. The quantitative estimate of drug-likeness (QED) is 0.849. The largest absolute Gasteiger partial charge is 0.490 e. The molecule has 6 heteroatoms. The molecule has 0 aliphatic carbocycles. The summed E-state index contributed by atoms with van der Waals surface area (Å²) in [5, 5.41) is 0. The number of carbonyl (C=O) groups excluding carboxylic acids is 1. The number of para-hydroxylation sites is 2. The molecule has 0 aliphatic rings. The highest BCUT2D eigenvalue weighted by atomic mass is 16.5. The molecule has 0 fully saturated rings. The number of amides is 1. The minimum absolute atomic E-state index is 0.0890. The number of nitrogen functional groups attached to an aromatic ring is 1. The first-order chi connectivity index (χ1) is 10.1. The van der Waals surface area contributed by atoms with Gasteiger partial charge in [-0.05, 0) is 30.7 Å². The Bertz CT molecular complexity index is 644.